The Hall–Kier alpha value is -4.12. The van der Waals surface area contributed by atoms with Crippen LogP contribution in [-0.4, -0.2) is 73.8 Å². The molecule has 2 aromatic carbocycles. The number of aryl methyl sites for hydroxylation is 3. The van der Waals surface area contributed by atoms with Gasteiger partial charge in [-0.1, -0.05) is 64.7 Å². The molecule has 0 aliphatic carbocycles. The molecule has 8 rings (SSSR count). The second-order valence-electron chi connectivity index (χ2n) is 12.6. The number of halogens is 2. The van der Waals surface area contributed by atoms with Crippen LogP contribution in [0.15, 0.2) is 101 Å². The maximum Gasteiger partial charge on any atom is 0.269 e. The molecule has 12 nitrogen and oxygen atoms in total. The Kier molecular flexibility index (Phi) is 11.3. The highest BCUT2D eigenvalue weighted by Gasteiger charge is 2.24. The smallest absolute Gasteiger partial charge is 0.269 e. The first-order valence-electron chi connectivity index (χ1n) is 17.0. The van der Waals surface area contributed by atoms with E-state index in [1.54, 1.807) is 79.0 Å². The lowest BCUT2D eigenvalue weighted by Crippen LogP contribution is -2.12. The van der Waals surface area contributed by atoms with Crippen LogP contribution in [0, 0.1) is 13.8 Å². The summed E-state index contributed by atoms with van der Waals surface area (Å²) in [6.07, 6.45) is 10.3. The number of rotatable bonds is 9. The highest BCUT2D eigenvalue weighted by atomic mass is 35.5. The summed E-state index contributed by atoms with van der Waals surface area (Å²) in [6.45, 7) is 6.13. The van der Waals surface area contributed by atoms with Crippen molar-refractivity contribution in [3.8, 4) is 0 Å². The van der Waals surface area contributed by atoms with Crippen molar-refractivity contribution in [1.29, 1.82) is 0 Å². The average Bonchev–Trinajstić information content (AvgIpc) is 4.00. The molecule has 2 aliphatic rings. The molecular formula is C38H36Cl2N4O8S2. The molecule has 0 saturated carbocycles. The molecule has 6 heterocycles. The molecule has 2 fully saturated rings. The minimum Gasteiger partial charge on any atom is -0.350 e. The first kappa shape index (κ1) is 38.2. The van der Waals surface area contributed by atoms with Crippen LogP contribution in [0.2, 0.25) is 10.0 Å². The topological polar surface area (TPSA) is 141 Å². The minimum atomic E-state index is -3.76. The van der Waals surface area contributed by atoms with E-state index in [9.17, 15) is 16.8 Å². The third-order valence-electron chi connectivity index (χ3n) is 8.91. The molecular weight excluding hydrogens is 775 g/mol. The van der Waals surface area contributed by atoms with Gasteiger partial charge in [-0.3, -0.25) is 0 Å². The van der Waals surface area contributed by atoms with Crippen LogP contribution in [0.1, 0.15) is 28.7 Å². The molecule has 282 valence electrons. The Labute approximate surface area is 323 Å². The van der Waals surface area contributed by atoms with Gasteiger partial charge in [0.05, 0.1) is 46.3 Å². The standard InChI is InChI=1S/C19H19ClN2O4S.C19H17ClN2O4S/c2*1-13-2-5-15(6-3-13)27(23,24)22-9-8-16-18(20)14(12-21-19(16)22)4-7-17-25-10-11-26-17/h2-3,5-6,8-9,12,17H,4,7,10-11H2,1H3;2-9,12,17H,10-11H2,1H3. The zero-order chi connectivity index (χ0) is 38.0. The monoisotopic (exact) mass is 810 g/mol. The zero-order valence-corrected chi connectivity index (χ0v) is 32.4. The summed E-state index contributed by atoms with van der Waals surface area (Å²) in [4.78, 5) is 9.11. The van der Waals surface area contributed by atoms with E-state index in [0.29, 0.717) is 71.3 Å². The second-order valence-corrected chi connectivity index (χ2v) is 17.0. The minimum absolute atomic E-state index is 0.197. The molecule has 0 spiro atoms. The second kappa shape index (κ2) is 15.9. The Bertz CT molecular complexity index is 2540. The van der Waals surface area contributed by atoms with Crippen molar-refractivity contribution in [2.75, 3.05) is 26.4 Å². The molecule has 0 unspecified atom stereocenters. The zero-order valence-electron chi connectivity index (χ0n) is 29.3. The van der Waals surface area contributed by atoms with Gasteiger partial charge in [0.15, 0.2) is 23.9 Å². The molecule has 0 atom stereocenters. The molecule has 2 saturated heterocycles. The quantitative estimate of drug-likeness (QED) is 0.148. The molecule has 54 heavy (non-hydrogen) atoms. The van der Waals surface area contributed by atoms with E-state index < -0.39 is 26.3 Å². The van der Waals surface area contributed by atoms with Crippen LogP contribution in [0.3, 0.4) is 0 Å². The number of hydrogen-bond donors (Lipinski definition) is 0. The van der Waals surface area contributed by atoms with Gasteiger partial charge in [0, 0.05) is 47.5 Å². The third-order valence-corrected chi connectivity index (χ3v) is 13.1. The van der Waals surface area contributed by atoms with Gasteiger partial charge in [0.25, 0.3) is 20.0 Å². The van der Waals surface area contributed by atoms with Crippen molar-refractivity contribution in [2.45, 2.75) is 49.1 Å². The van der Waals surface area contributed by atoms with Gasteiger partial charge in [0.1, 0.15) is 0 Å². The number of ether oxygens (including phenoxy) is 4. The summed E-state index contributed by atoms with van der Waals surface area (Å²) in [5.41, 5.74) is 4.08. The van der Waals surface area contributed by atoms with Gasteiger partial charge in [-0.25, -0.2) is 34.7 Å². The third kappa shape index (κ3) is 7.84. The van der Waals surface area contributed by atoms with Gasteiger partial charge >= 0.3 is 0 Å². The maximum absolute atomic E-state index is 13.0. The summed E-state index contributed by atoms with van der Waals surface area (Å²) in [5.74, 6) is 0. The van der Waals surface area contributed by atoms with Crippen molar-refractivity contribution in [1.82, 2.24) is 17.9 Å². The highest BCUT2D eigenvalue weighted by Crippen LogP contribution is 2.32. The fourth-order valence-corrected chi connectivity index (χ4v) is 9.12. The largest absolute Gasteiger partial charge is 0.350 e. The number of pyridine rings is 2. The van der Waals surface area contributed by atoms with Gasteiger partial charge in [-0.05, 0) is 68.3 Å². The van der Waals surface area contributed by atoms with E-state index in [0.717, 1.165) is 20.7 Å². The van der Waals surface area contributed by atoms with E-state index >= 15 is 0 Å². The summed E-state index contributed by atoms with van der Waals surface area (Å²) in [6, 6.07) is 16.7. The van der Waals surface area contributed by atoms with E-state index in [-0.39, 0.29) is 21.7 Å². The van der Waals surface area contributed by atoms with Crippen molar-refractivity contribution in [3.05, 3.63) is 124 Å². The predicted molar refractivity (Wildman–Crippen MR) is 206 cm³/mol. The number of benzene rings is 2. The summed E-state index contributed by atoms with van der Waals surface area (Å²) < 4.78 is 75.7. The Balaban J connectivity index is 0.000000167. The van der Waals surface area contributed by atoms with Gasteiger partial charge < -0.3 is 18.9 Å². The Morgan fingerprint density at radius 1 is 0.685 bits per heavy atom. The molecule has 0 radical (unpaired) electrons. The van der Waals surface area contributed by atoms with E-state index in [2.05, 4.69) is 9.97 Å². The van der Waals surface area contributed by atoms with Gasteiger partial charge in [-0.15, -0.1) is 0 Å². The number of aromatic nitrogens is 4. The lowest BCUT2D eigenvalue weighted by Gasteiger charge is -2.11. The van der Waals surface area contributed by atoms with E-state index in [4.69, 9.17) is 42.1 Å². The summed E-state index contributed by atoms with van der Waals surface area (Å²) in [7, 11) is -7.49. The predicted octanol–water partition coefficient (Wildman–Crippen LogP) is 7.16. The fraction of sp³-hybridized carbons (Fsp3) is 0.263. The SMILES string of the molecule is Cc1ccc(S(=O)(=O)n2ccc3c(Cl)c(C=CC4OCCO4)cnc32)cc1.Cc1ccc(S(=O)(=O)n2ccc3c(Cl)c(CCC4OCCO4)cnc32)cc1. The normalized spacial score (nSPS) is 15.8. The van der Waals surface area contributed by atoms with Crippen LogP contribution in [0.25, 0.3) is 28.1 Å². The number of nitrogens with zero attached hydrogens (tertiary/aromatic N) is 4. The molecule has 6 aromatic rings. The number of fused-ring (bicyclic) bond motifs is 2. The van der Waals surface area contributed by atoms with Crippen LogP contribution >= 0.6 is 23.2 Å². The molecule has 16 heteroatoms. The molecule has 2 aliphatic heterocycles. The summed E-state index contributed by atoms with van der Waals surface area (Å²) in [5, 5.41) is 2.10. The lowest BCUT2D eigenvalue weighted by molar-refractivity contribution is -0.0462. The molecule has 0 amide bonds. The highest BCUT2D eigenvalue weighted by molar-refractivity contribution is 7.90. The maximum atomic E-state index is 13.0. The van der Waals surface area contributed by atoms with Gasteiger partial charge in [0.2, 0.25) is 0 Å². The van der Waals surface area contributed by atoms with Crippen LogP contribution in [-0.2, 0) is 45.4 Å². The van der Waals surface area contributed by atoms with Crippen molar-refractivity contribution < 1.29 is 35.8 Å². The summed E-state index contributed by atoms with van der Waals surface area (Å²) >= 11 is 13.0. The van der Waals surface area contributed by atoms with Crippen molar-refractivity contribution >= 4 is 71.4 Å². The first-order chi connectivity index (χ1) is 25.9. The Morgan fingerprint density at radius 3 is 1.70 bits per heavy atom. The van der Waals surface area contributed by atoms with Crippen LogP contribution in [0.4, 0.5) is 0 Å². The Morgan fingerprint density at radius 2 is 1.17 bits per heavy atom. The molecule has 4 aromatic heterocycles. The lowest BCUT2D eigenvalue weighted by atomic mass is 10.1. The average molecular weight is 812 g/mol. The van der Waals surface area contributed by atoms with E-state index in [1.807, 2.05) is 13.8 Å². The van der Waals surface area contributed by atoms with Crippen LogP contribution < -0.4 is 0 Å². The van der Waals surface area contributed by atoms with Gasteiger partial charge in [-0.2, -0.15) is 0 Å². The number of hydrogen-bond acceptors (Lipinski definition) is 10. The molecule has 0 N–H and O–H groups in total. The van der Waals surface area contributed by atoms with Crippen molar-refractivity contribution in [2.24, 2.45) is 0 Å². The fourth-order valence-electron chi connectivity index (χ4n) is 5.96. The van der Waals surface area contributed by atoms with Crippen LogP contribution in [0.5, 0.6) is 0 Å². The van der Waals surface area contributed by atoms with E-state index in [1.165, 1.54) is 22.6 Å². The first-order valence-corrected chi connectivity index (χ1v) is 20.7. The molecule has 0 bridgehead atoms. The van der Waals surface area contributed by atoms with Crippen molar-refractivity contribution in [3.63, 3.8) is 0 Å².